The predicted molar refractivity (Wildman–Crippen MR) is 59.3 cm³/mol. The zero-order chi connectivity index (χ0) is 10.4. The second-order valence-electron chi connectivity index (χ2n) is 3.53. The van der Waals surface area contributed by atoms with Crippen molar-refractivity contribution in [1.82, 2.24) is 0 Å². The van der Waals surface area contributed by atoms with Gasteiger partial charge in [-0.25, -0.2) is 0 Å². The highest BCUT2D eigenvalue weighted by Crippen LogP contribution is 2.19. The largest absolute Gasteiger partial charge is 0.490 e. The Balaban J connectivity index is 2.65. The normalized spacial score (nSPS) is 12.5. The molecule has 0 spiro atoms. The maximum atomic E-state index is 5.80. The Labute approximate surface area is 86.1 Å². The Hall–Kier alpha value is -1.02. The molecule has 0 radical (unpaired) electrons. The number of hydrogen-bond donors (Lipinski definition) is 1. The first-order valence-electron chi connectivity index (χ1n) is 5.22. The number of ether oxygens (including phenoxy) is 1. The van der Waals surface area contributed by atoms with Gasteiger partial charge in [0.2, 0.25) is 0 Å². The molecule has 2 heteroatoms. The van der Waals surface area contributed by atoms with E-state index in [9.17, 15) is 0 Å². The Morgan fingerprint density at radius 1 is 1.36 bits per heavy atom. The third-order valence-electron chi connectivity index (χ3n) is 2.22. The molecule has 1 aromatic rings. The predicted octanol–water partition coefficient (Wildman–Crippen LogP) is 2.71. The van der Waals surface area contributed by atoms with Gasteiger partial charge >= 0.3 is 0 Å². The third kappa shape index (κ3) is 3.04. The zero-order valence-corrected chi connectivity index (χ0v) is 8.99. The highest BCUT2D eigenvalue weighted by atomic mass is 16.5. The van der Waals surface area contributed by atoms with Gasteiger partial charge in [-0.15, -0.1) is 0 Å². The topological polar surface area (TPSA) is 35.2 Å². The van der Waals surface area contributed by atoms with E-state index < -0.39 is 0 Å². The van der Waals surface area contributed by atoms with Gasteiger partial charge < -0.3 is 10.5 Å². The number of benzene rings is 1. The van der Waals surface area contributed by atoms with E-state index in [4.69, 9.17) is 10.5 Å². The number of nitrogens with two attached hydrogens (primary N) is 1. The lowest BCUT2D eigenvalue weighted by Crippen LogP contribution is -2.13. The average molecular weight is 193 g/mol. The van der Waals surface area contributed by atoms with Crippen LogP contribution in [0, 0.1) is 0 Å². The van der Waals surface area contributed by atoms with Crippen molar-refractivity contribution in [2.75, 3.05) is 0 Å². The molecule has 1 aromatic carbocycles. The zero-order valence-electron chi connectivity index (χ0n) is 8.99. The third-order valence-corrected chi connectivity index (χ3v) is 2.22. The fraction of sp³-hybridized carbons (Fsp3) is 0.500. The molecule has 0 saturated heterocycles. The second-order valence-corrected chi connectivity index (χ2v) is 3.53. The van der Waals surface area contributed by atoms with Crippen molar-refractivity contribution < 1.29 is 4.74 Å². The van der Waals surface area contributed by atoms with Crippen LogP contribution in [0.1, 0.15) is 32.3 Å². The molecule has 1 atom stereocenters. The van der Waals surface area contributed by atoms with Crippen molar-refractivity contribution in [2.24, 2.45) is 5.73 Å². The van der Waals surface area contributed by atoms with E-state index in [1.54, 1.807) is 0 Å². The summed E-state index contributed by atoms with van der Waals surface area (Å²) in [5, 5.41) is 0. The lowest BCUT2D eigenvalue weighted by molar-refractivity contribution is 0.208. The molecule has 0 heterocycles. The van der Waals surface area contributed by atoms with Crippen molar-refractivity contribution in [3.63, 3.8) is 0 Å². The molecule has 1 unspecified atom stereocenters. The smallest absolute Gasteiger partial charge is 0.124 e. The van der Waals surface area contributed by atoms with Crippen LogP contribution in [0.4, 0.5) is 0 Å². The molecule has 2 nitrogen and oxygen atoms in total. The van der Waals surface area contributed by atoms with E-state index >= 15 is 0 Å². The van der Waals surface area contributed by atoms with Crippen molar-refractivity contribution in [3.8, 4) is 5.75 Å². The monoisotopic (exact) mass is 193 g/mol. The molecule has 0 aliphatic rings. The van der Waals surface area contributed by atoms with Crippen LogP contribution >= 0.6 is 0 Å². The molecule has 0 bridgehead atoms. The maximum absolute atomic E-state index is 5.80. The van der Waals surface area contributed by atoms with Crippen LogP contribution in [0.25, 0.3) is 0 Å². The first-order valence-corrected chi connectivity index (χ1v) is 5.22. The summed E-state index contributed by atoms with van der Waals surface area (Å²) >= 11 is 0. The maximum Gasteiger partial charge on any atom is 0.124 e. The van der Waals surface area contributed by atoms with Gasteiger partial charge in [0, 0.05) is 12.1 Å². The van der Waals surface area contributed by atoms with Crippen LogP contribution in [-0.2, 0) is 6.54 Å². The van der Waals surface area contributed by atoms with Crippen molar-refractivity contribution in [2.45, 2.75) is 39.3 Å². The average Bonchev–Trinajstić information content (AvgIpc) is 2.19. The summed E-state index contributed by atoms with van der Waals surface area (Å²) in [6.07, 6.45) is 2.50. The summed E-state index contributed by atoms with van der Waals surface area (Å²) in [5.41, 5.74) is 6.70. The van der Waals surface area contributed by atoms with Gasteiger partial charge in [-0.3, -0.25) is 0 Å². The standard InChI is InChI=1S/C12H19NO/c1-3-6-10(2)14-12-8-5-4-7-11(12)9-13/h4-5,7-8,10H,3,6,9,13H2,1-2H3. The van der Waals surface area contributed by atoms with Gasteiger partial charge in [0.05, 0.1) is 6.10 Å². The first kappa shape index (κ1) is 11.1. The molecule has 0 aromatic heterocycles. The van der Waals surface area contributed by atoms with E-state index in [1.165, 1.54) is 0 Å². The minimum Gasteiger partial charge on any atom is -0.490 e. The molecule has 0 saturated carbocycles. The van der Waals surface area contributed by atoms with Crippen molar-refractivity contribution in [1.29, 1.82) is 0 Å². The van der Waals surface area contributed by atoms with Gasteiger partial charge in [0.15, 0.2) is 0 Å². The van der Waals surface area contributed by atoms with Crippen LogP contribution in [0.15, 0.2) is 24.3 Å². The van der Waals surface area contributed by atoms with Crippen molar-refractivity contribution >= 4 is 0 Å². The van der Waals surface area contributed by atoms with Gasteiger partial charge in [-0.2, -0.15) is 0 Å². The first-order chi connectivity index (χ1) is 6.77. The summed E-state index contributed by atoms with van der Waals surface area (Å²) in [4.78, 5) is 0. The van der Waals surface area contributed by atoms with E-state index in [1.807, 2.05) is 24.3 Å². The van der Waals surface area contributed by atoms with Crippen LogP contribution in [0.3, 0.4) is 0 Å². The molecule has 2 N–H and O–H groups in total. The van der Waals surface area contributed by atoms with Crippen LogP contribution in [0.2, 0.25) is 0 Å². The van der Waals surface area contributed by atoms with Crippen LogP contribution in [-0.4, -0.2) is 6.10 Å². The number of hydrogen-bond acceptors (Lipinski definition) is 2. The van der Waals surface area contributed by atoms with E-state index in [0.717, 1.165) is 24.2 Å². The van der Waals surface area contributed by atoms with E-state index in [-0.39, 0.29) is 6.10 Å². The van der Waals surface area contributed by atoms with Gasteiger partial charge in [0.25, 0.3) is 0 Å². The van der Waals surface area contributed by atoms with Gasteiger partial charge in [-0.1, -0.05) is 31.5 Å². The number of rotatable bonds is 5. The molecular formula is C12H19NO. The minimum absolute atomic E-state index is 0.271. The van der Waals surface area contributed by atoms with Crippen LogP contribution < -0.4 is 10.5 Å². The van der Waals surface area contributed by atoms with Crippen molar-refractivity contribution in [3.05, 3.63) is 29.8 Å². The summed E-state index contributed by atoms with van der Waals surface area (Å²) < 4.78 is 5.80. The summed E-state index contributed by atoms with van der Waals surface area (Å²) in [6.45, 7) is 4.79. The summed E-state index contributed by atoms with van der Waals surface area (Å²) in [6, 6.07) is 7.95. The lowest BCUT2D eigenvalue weighted by Gasteiger charge is -2.16. The molecule has 14 heavy (non-hydrogen) atoms. The van der Waals surface area contributed by atoms with Gasteiger partial charge in [-0.05, 0) is 19.4 Å². The highest BCUT2D eigenvalue weighted by Gasteiger charge is 2.05. The molecule has 0 aliphatic carbocycles. The molecule has 78 valence electrons. The molecule has 0 fully saturated rings. The fourth-order valence-electron chi connectivity index (χ4n) is 1.47. The highest BCUT2D eigenvalue weighted by molar-refractivity contribution is 5.33. The summed E-state index contributed by atoms with van der Waals surface area (Å²) in [5.74, 6) is 0.927. The van der Waals surface area contributed by atoms with E-state index in [0.29, 0.717) is 6.54 Å². The van der Waals surface area contributed by atoms with Crippen LogP contribution in [0.5, 0.6) is 5.75 Å². The second kappa shape index (κ2) is 5.66. The molecule has 0 aliphatic heterocycles. The van der Waals surface area contributed by atoms with E-state index in [2.05, 4.69) is 13.8 Å². The Morgan fingerprint density at radius 2 is 2.07 bits per heavy atom. The Kier molecular flexibility index (Phi) is 4.47. The van der Waals surface area contributed by atoms with Gasteiger partial charge in [0.1, 0.15) is 5.75 Å². The summed E-state index contributed by atoms with van der Waals surface area (Å²) in [7, 11) is 0. The Morgan fingerprint density at radius 3 is 2.71 bits per heavy atom. The lowest BCUT2D eigenvalue weighted by atomic mass is 10.2. The molecular weight excluding hydrogens is 174 g/mol. The molecule has 0 amide bonds. The Bertz CT molecular complexity index is 273. The molecule has 1 rings (SSSR count). The SMILES string of the molecule is CCCC(C)Oc1ccccc1CN. The minimum atomic E-state index is 0.271. The fourth-order valence-corrected chi connectivity index (χ4v) is 1.47. The number of para-hydroxylation sites is 1. The quantitative estimate of drug-likeness (QED) is 0.780.